The van der Waals surface area contributed by atoms with E-state index in [0.717, 1.165) is 0 Å². The normalized spacial score (nSPS) is 24.9. The van der Waals surface area contributed by atoms with Crippen LogP contribution in [0.3, 0.4) is 0 Å². The molecule has 0 unspecified atom stereocenters. The fourth-order valence-electron chi connectivity index (χ4n) is 5.87. The number of hydrazine groups is 1. The van der Waals surface area contributed by atoms with Gasteiger partial charge in [-0.15, -0.1) is 0 Å². The monoisotopic (exact) mass is 622 g/mol. The Labute approximate surface area is 254 Å². The van der Waals surface area contributed by atoms with Crippen molar-refractivity contribution in [3.05, 3.63) is 46.1 Å². The number of rotatable bonds is 4. The smallest absolute Gasteiger partial charge is 0.487 e. The number of methoxy groups -OCH3 is 1. The van der Waals surface area contributed by atoms with Gasteiger partial charge in [0.05, 0.1) is 29.3 Å². The molecule has 0 bridgehead atoms. The first-order valence-corrected chi connectivity index (χ1v) is 14.5. The van der Waals surface area contributed by atoms with E-state index in [0.29, 0.717) is 13.0 Å². The van der Waals surface area contributed by atoms with Crippen LogP contribution in [-0.2, 0) is 19.0 Å². The summed E-state index contributed by atoms with van der Waals surface area (Å²) in [5.41, 5.74) is -0.497. The number of carbonyl (C=O) groups excluding carboxylic acids is 2. The van der Waals surface area contributed by atoms with Crippen LogP contribution in [0.4, 0.5) is 14.0 Å². The molecule has 1 aromatic rings. The van der Waals surface area contributed by atoms with E-state index < -0.39 is 29.7 Å². The Morgan fingerprint density at radius 2 is 1.93 bits per heavy atom. The van der Waals surface area contributed by atoms with E-state index in [-0.39, 0.29) is 84.2 Å². The van der Waals surface area contributed by atoms with Crippen molar-refractivity contribution >= 4 is 35.3 Å². The second-order valence-electron chi connectivity index (χ2n) is 12.0. The zero-order valence-electron chi connectivity index (χ0n) is 24.8. The summed E-state index contributed by atoms with van der Waals surface area (Å²) in [6.45, 7) is 7.82. The second-order valence-corrected chi connectivity index (χ2v) is 12.3. The van der Waals surface area contributed by atoms with Crippen LogP contribution in [0.25, 0.3) is 5.57 Å². The number of halogens is 2. The van der Waals surface area contributed by atoms with Crippen LogP contribution in [0.2, 0.25) is 0 Å². The van der Waals surface area contributed by atoms with Gasteiger partial charge in [0.1, 0.15) is 23.8 Å². The van der Waals surface area contributed by atoms with Crippen LogP contribution in [0.1, 0.15) is 39.7 Å². The maximum atomic E-state index is 15.7. The lowest BCUT2D eigenvalue weighted by atomic mass is 9.99. The summed E-state index contributed by atoms with van der Waals surface area (Å²) in [6, 6.07) is 3.45. The van der Waals surface area contributed by atoms with E-state index in [4.69, 9.17) is 30.5 Å². The molecular formula is C29H36ClFN4O8. The van der Waals surface area contributed by atoms with Gasteiger partial charge in [0.2, 0.25) is 0 Å². The molecule has 4 aliphatic heterocycles. The number of hydrogen-bond donors (Lipinski definition) is 1. The molecule has 2 saturated heterocycles. The molecule has 1 N–H and O–H groups in total. The van der Waals surface area contributed by atoms with Gasteiger partial charge in [0.25, 0.3) is 5.91 Å². The molecule has 12 nitrogen and oxygen atoms in total. The predicted octanol–water partition coefficient (Wildman–Crippen LogP) is 3.86. The third-order valence-electron chi connectivity index (χ3n) is 7.89. The van der Waals surface area contributed by atoms with E-state index in [1.165, 1.54) is 23.1 Å². The molecule has 4 heterocycles. The molecule has 0 radical (unpaired) electrons. The third kappa shape index (κ3) is 6.11. The maximum Gasteiger partial charge on any atom is 0.514 e. The van der Waals surface area contributed by atoms with Crippen molar-refractivity contribution in [2.45, 2.75) is 57.9 Å². The highest BCUT2D eigenvalue weighted by atomic mass is 35.5. The summed E-state index contributed by atoms with van der Waals surface area (Å²) in [5.74, 6) is -1.13. The highest BCUT2D eigenvalue weighted by molar-refractivity contribution is 6.35. The average molecular weight is 623 g/mol. The van der Waals surface area contributed by atoms with Gasteiger partial charge in [-0.3, -0.25) is 9.80 Å². The van der Waals surface area contributed by atoms with Gasteiger partial charge in [-0.2, -0.15) is 0 Å². The molecule has 2 fully saturated rings. The Balaban J connectivity index is 1.60. The molecule has 1 aromatic carbocycles. The van der Waals surface area contributed by atoms with E-state index in [9.17, 15) is 19.5 Å². The van der Waals surface area contributed by atoms with Crippen LogP contribution >= 0.6 is 11.6 Å². The summed E-state index contributed by atoms with van der Waals surface area (Å²) in [4.78, 5) is 41.3. The van der Waals surface area contributed by atoms with Gasteiger partial charge in [-0.1, -0.05) is 17.7 Å². The molecule has 0 spiro atoms. The highest BCUT2D eigenvalue weighted by Gasteiger charge is 2.46. The van der Waals surface area contributed by atoms with Crippen molar-refractivity contribution in [1.29, 1.82) is 0 Å². The van der Waals surface area contributed by atoms with Crippen molar-refractivity contribution in [2.24, 2.45) is 0 Å². The van der Waals surface area contributed by atoms with Crippen LogP contribution in [0.5, 0.6) is 5.75 Å². The fourth-order valence-corrected chi connectivity index (χ4v) is 6.17. The first kappa shape index (κ1) is 30.9. The Morgan fingerprint density at radius 3 is 2.58 bits per heavy atom. The first-order chi connectivity index (χ1) is 20.3. The van der Waals surface area contributed by atoms with Crippen molar-refractivity contribution in [3.63, 3.8) is 0 Å². The fraction of sp³-hybridized carbons (Fsp3) is 0.552. The van der Waals surface area contributed by atoms with E-state index in [1.54, 1.807) is 37.8 Å². The minimum atomic E-state index is -1.08. The quantitative estimate of drug-likeness (QED) is 0.391. The van der Waals surface area contributed by atoms with E-state index >= 15 is 4.39 Å². The summed E-state index contributed by atoms with van der Waals surface area (Å²) < 4.78 is 38.3. The molecule has 5 rings (SSSR count). The van der Waals surface area contributed by atoms with Crippen LogP contribution in [0.15, 0.2) is 34.7 Å². The van der Waals surface area contributed by atoms with Gasteiger partial charge in [0, 0.05) is 44.9 Å². The third-order valence-corrected chi connectivity index (χ3v) is 8.29. The number of fused-ring (bicyclic) bond motifs is 1. The standard InChI is InChI=1S/C29H36ClFN4O8/c1-16-11-18(40-5)13-34(16)35-14-19(22-20(31)7-6-8-21(22)42-28(39)43-29(2,3)4)23(30)25-24(35)26(36)33-10-9-32(27(37)38)12-17(33)15-41-25/h6-8,16-18H,9-15H2,1-5H3,(H,37,38)/t16-,17+,18-/m0/s1. The lowest BCUT2D eigenvalue weighted by Crippen LogP contribution is -2.59. The molecular weight excluding hydrogens is 587 g/mol. The molecule has 234 valence electrons. The number of hydrogen-bond acceptors (Lipinski definition) is 9. The molecule has 2 amide bonds. The lowest BCUT2D eigenvalue weighted by molar-refractivity contribution is -0.136. The highest BCUT2D eigenvalue weighted by Crippen LogP contribution is 2.44. The van der Waals surface area contributed by atoms with Crippen molar-refractivity contribution < 1.29 is 42.8 Å². The van der Waals surface area contributed by atoms with Crippen molar-refractivity contribution in [3.8, 4) is 5.75 Å². The second kappa shape index (κ2) is 11.9. The van der Waals surface area contributed by atoms with Gasteiger partial charge in [-0.25, -0.2) is 19.0 Å². The Morgan fingerprint density at radius 1 is 1.19 bits per heavy atom. The Hall–Kier alpha value is -3.55. The van der Waals surface area contributed by atoms with Crippen LogP contribution in [0, 0.1) is 5.82 Å². The molecule has 14 heteroatoms. The van der Waals surface area contributed by atoms with E-state index in [2.05, 4.69) is 0 Å². The van der Waals surface area contributed by atoms with Crippen molar-refractivity contribution in [2.75, 3.05) is 46.4 Å². The number of nitrogens with zero attached hydrogens (tertiary/aromatic N) is 4. The zero-order chi connectivity index (χ0) is 31.2. The first-order valence-electron chi connectivity index (χ1n) is 14.1. The SMILES string of the molecule is CO[C@H]1C[C@H](C)N(N2CC(c3c(F)cccc3OC(=O)OC(C)(C)C)=C(Cl)C3=C2C(=O)N2CCN(C(=O)O)C[C@@H]2CO3)C1. The summed E-state index contributed by atoms with van der Waals surface area (Å²) in [5, 5.41) is 13.2. The van der Waals surface area contributed by atoms with Crippen LogP contribution < -0.4 is 4.74 Å². The zero-order valence-corrected chi connectivity index (χ0v) is 25.5. The number of ether oxygens (including phenoxy) is 4. The number of benzene rings is 1. The molecule has 0 aromatic heterocycles. The number of amides is 2. The molecule has 43 heavy (non-hydrogen) atoms. The molecule has 0 saturated carbocycles. The van der Waals surface area contributed by atoms with Crippen molar-refractivity contribution in [1.82, 2.24) is 19.8 Å². The summed E-state index contributed by atoms with van der Waals surface area (Å²) in [6.07, 6.45) is -1.52. The Bertz CT molecular complexity index is 1380. The van der Waals surface area contributed by atoms with Crippen LogP contribution in [-0.4, -0.2) is 113 Å². The number of piperazine rings is 1. The maximum absolute atomic E-state index is 15.7. The van der Waals surface area contributed by atoms with Gasteiger partial charge in [0.15, 0.2) is 11.5 Å². The summed E-state index contributed by atoms with van der Waals surface area (Å²) >= 11 is 6.97. The minimum Gasteiger partial charge on any atom is -0.487 e. The number of carboxylic acid groups (broad SMARTS) is 1. The van der Waals surface area contributed by atoms with Gasteiger partial charge < -0.3 is 33.9 Å². The number of allylic oxidation sites excluding steroid dienone is 1. The lowest BCUT2D eigenvalue weighted by Gasteiger charge is -2.43. The molecule has 4 aliphatic rings. The topological polar surface area (TPSA) is 121 Å². The predicted molar refractivity (Wildman–Crippen MR) is 152 cm³/mol. The largest absolute Gasteiger partial charge is 0.514 e. The average Bonchev–Trinajstić information content (AvgIpc) is 3.24. The summed E-state index contributed by atoms with van der Waals surface area (Å²) in [7, 11) is 1.62. The molecule has 3 atom stereocenters. The minimum absolute atomic E-state index is 0.0104. The number of carbonyl (C=O) groups is 3. The Kier molecular flexibility index (Phi) is 8.52. The van der Waals surface area contributed by atoms with Gasteiger partial charge >= 0.3 is 12.2 Å². The molecule has 0 aliphatic carbocycles. The van der Waals surface area contributed by atoms with Gasteiger partial charge in [-0.05, 0) is 46.2 Å². The van der Waals surface area contributed by atoms with E-state index in [1.807, 2.05) is 11.9 Å².